The second-order valence-corrected chi connectivity index (χ2v) is 6.07. The first kappa shape index (κ1) is 16.5. The zero-order chi connectivity index (χ0) is 16.0. The van der Waals surface area contributed by atoms with Gasteiger partial charge in [-0.05, 0) is 31.0 Å². The number of hydrogen-bond donors (Lipinski definition) is 2. The van der Waals surface area contributed by atoms with Gasteiger partial charge in [0.2, 0.25) is 6.79 Å². The van der Waals surface area contributed by atoms with Crippen molar-refractivity contribution in [2.24, 2.45) is 4.99 Å². The molecule has 0 spiro atoms. The van der Waals surface area contributed by atoms with Gasteiger partial charge in [-0.1, -0.05) is 26.8 Å². The molecule has 122 valence electrons. The minimum atomic E-state index is -0.0739. The van der Waals surface area contributed by atoms with Gasteiger partial charge in [0.05, 0.1) is 6.54 Å². The molecule has 1 heterocycles. The molecule has 0 saturated carbocycles. The van der Waals surface area contributed by atoms with E-state index in [9.17, 15) is 0 Å². The van der Waals surface area contributed by atoms with Crippen LogP contribution in [0.5, 0.6) is 11.5 Å². The van der Waals surface area contributed by atoms with Gasteiger partial charge in [-0.25, -0.2) is 0 Å². The van der Waals surface area contributed by atoms with Crippen molar-refractivity contribution < 1.29 is 9.47 Å². The second kappa shape index (κ2) is 7.38. The van der Waals surface area contributed by atoms with Crippen molar-refractivity contribution in [2.45, 2.75) is 39.5 Å². The number of guanidine groups is 1. The van der Waals surface area contributed by atoms with Crippen molar-refractivity contribution in [2.75, 3.05) is 26.4 Å². The summed E-state index contributed by atoms with van der Waals surface area (Å²) < 4.78 is 10.8. The first-order chi connectivity index (χ1) is 10.6. The third kappa shape index (κ3) is 4.06. The summed E-state index contributed by atoms with van der Waals surface area (Å²) in [5.41, 5.74) is 1.13. The van der Waals surface area contributed by atoms with E-state index in [0.29, 0.717) is 13.3 Å². The third-order valence-electron chi connectivity index (χ3n) is 3.67. The van der Waals surface area contributed by atoms with Crippen LogP contribution in [-0.2, 0) is 5.41 Å². The Morgan fingerprint density at radius 1 is 1.18 bits per heavy atom. The van der Waals surface area contributed by atoms with Crippen molar-refractivity contribution in [3.63, 3.8) is 0 Å². The van der Waals surface area contributed by atoms with Crippen LogP contribution in [0.3, 0.4) is 0 Å². The van der Waals surface area contributed by atoms with Gasteiger partial charge in [-0.15, -0.1) is 0 Å². The molecule has 5 nitrogen and oxygen atoms in total. The third-order valence-corrected chi connectivity index (χ3v) is 3.67. The zero-order valence-electron chi connectivity index (χ0n) is 14.0. The summed E-state index contributed by atoms with van der Waals surface area (Å²) in [6.45, 7) is 11.4. The molecule has 1 aromatic carbocycles. The normalized spacial score (nSPS) is 14.1. The van der Waals surface area contributed by atoms with Crippen LogP contribution in [0.25, 0.3) is 0 Å². The molecule has 0 aromatic heterocycles. The standard InChI is InChI=1S/C17H27N3O2/c1-5-9-19-16(18-6-2)20-11-17(3,4)13-7-8-14-15(10-13)22-12-21-14/h7-8,10H,5-6,9,11-12H2,1-4H3,(H2,18,19,20). The molecule has 0 aliphatic carbocycles. The molecule has 1 aromatic rings. The van der Waals surface area contributed by atoms with E-state index in [1.54, 1.807) is 0 Å². The number of rotatable bonds is 6. The van der Waals surface area contributed by atoms with Gasteiger partial charge in [0.15, 0.2) is 17.5 Å². The molecular weight excluding hydrogens is 278 g/mol. The monoisotopic (exact) mass is 305 g/mol. The van der Waals surface area contributed by atoms with Gasteiger partial charge in [0, 0.05) is 18.5 Å². The van der Waals surface area contributed by atoms with Crippen molar-refractivity contribution >= 4 is 5.96 Å². The predicted molar refractivity (Wildman–Crippen MR) is 89.9 cm³/mol. The van der Waals surface area contributed by atoms with Crippen molar-refractivity contribution in [3.8, 4) is 11.5 Å². The molecule has 22 heavy (non-hydrogen) atoms. The molecule has 0 bridgehead atoms. The summed E-state index contributed by atoms with van der Waals surface area (Å²) in [6.07, 6.45) is 1.08. The number of aliphatic imine (C=N–C) groups is 1. The quantitative estimate of drug-likeness (QED) is 0.627. The smallest absolute Gasteiger partial charge is 0.231 e. The lowest BCUT2D eigenvalue weighted by molar-refractivity contribution is 0.174. The molecule has 1 aliphatic heterocycles. The maximum atomic E-state index is 5.47. The molecule has 2 rings (SSSR count). The van der Waals surface area contributed by atoms with E-state index in [1.807, 2.05) is 6.07 Å². The minimum Gasteiger partial charge on any atom is -0.454 e. The second-order valence-electron chi connectivity index (χ2n) is 6.07. The molecule has 1 aliphatic rings. The van der Waals surface area contributed by atoms with Gasteiger partial charge in [0.1, 0.15) is 0 Å². The summed E-state index contributed by atoms with van der Waals surface area (Å²) in [5.74, 6) is 2.52. The molecule has 0 unspecified atom stereocenters. The lowest BCUT2D eigenvalue weighted by Crippen LogP contribution is -2.38. The zero-order valence-corrected chi connectivity index (χ0v) is 14.0. The first-order valence-corrected chi connectivity index (χ1v) is 7.99. The highest BCUT2D eigenvalue weighted by Crippen LogP contribution is 2.36. The Morgan fingerprint density at radius 3 is 2.68 bits per heavy atom. The Kier molecular flexibility index (Phi) is 5.52. The molecule has 0 fully saturated rings. The highest BCUT2D eigenvalue weighted by molar-refractivity contribution is 5.79. The first-order valence-electron chi connectivity index (χ1n) is 7.99. The van der Waals surface area contributed by atoms with Gasteiger partial charge >= 0.3 is 0 Å². The van der Waals surface area contributed by atoms with Gasteiger partial charge in [0.25, 0.3) is 0 Å². The Hall–Kier alpha value is -1.91. The lowest BCUT2D eigenvalue weighted by Gasteiger charge is -2.24. The van der Waals surface area contributed by atoms with E-state index < -0.39 is 0 Å². The van der Waals surface area contributed by atoms with Crippen LogP contribution in [0, 0.1) is 0 Å². The van der Waals surface area contributed by atoms with E-state index in [4.69, 9.17) is 14.5 Å². The predicted octanol–water partition coefficient (Wildman–Crippen LogP) is 2.66. The molecule has 5 heteroatoms. The Balaban J connectivity index is 2.08. The summed E-state index contributed by atoms with van der Waals surface area (Å²) in [7, 11) is 0. The lowest BCUT2D eigenvalue weighted by atomic mass is 9.84. The SMILES string of the molecule is CCCNC(=NCC(C)(C)c1ccc2c(c1)OCO2)NCC. The fraction of sp³-hybridized carbons (Fsp3) is 0.588. The van der Waals surface area contributed by atoms with E-state index >= 15 is 0 Å². The maximum absolute atomic E-state index is 5.47. The number of benzene rings is 1. The van der Waals surface area contributed by atoms with E-state index in [1.165, 1.54) is 5.56 Å². The Bertz CT molecular complexity index is 527. The number of nitrogens with one attached hydrogen (secondary N) is 2. The molecule has 0 amide bonds. The van der Waals surface area contributed by atoms with Crippen LogP contribution in [-0.4, -0.2) is 32.4 Å². The van der Waals surface area contributed by atoms with Crippen molar-refractivity contribution in [3.05, 3.63) is 23.8 Å². The topological polar surface area (TPSA) is 54.9 Å². The van der Waals surface area contributed by atoms with Crippen LogP contribution in [0.15, 0.2) is 23.2 Å². The fourth-order valence-corrected chi connectivity index (χ4v) is 2.27. The van der Waals surface area contributed by atoms with Crippen LogP contribution >= 0.6 is 0 Å². The van der Waals surface area contributed by atoms with Crippen LogP contribution in [0.1, 0.15) is 39.7 Å². The molecular formula is C17H27N3O2. The van der Waals surface area contributed by atoms with Crippen LogP contribution in [0.4, 0.5) is 0 Å². The van der Waals surface area contributed by atoms with Crippen LogP contribution in [0.2, 0.25) is 0 Å². The maximum Gasteiger partial charge on any atom is 0.231 e. The van der Waals surface area contributed by atoms with Gasteiger partial charge < -0.3 is 20.1 Å². The van der Waals surface area contributed by atoms with Crippen LogP contribution < -0.4 is 20.1 Å². The fourth-order valence-electron chi connectivity index (χ4n) is 2.27. The van der Waals surface area contributed by atoms with Crippen molar-refractivity contribution in [1.82, 2.24) is 10.6 Å². The molecule has 2 N–H and O–H groups in total. The van der Waals surface area contributed by atoms with E-state index in [2.05, 4.69) is 50.5 Å². The summed E-state index contributed by atoms with van der Waals surface area (Å²) >= 11 is 0. The van der Waals surface area contributed by atoms with Crippen molar-refractivity contribution in [1.29, 1.82) is 0 Å². The largest absolute Gasteiger partial charge is 0.454 e. The number of fused-ring (bicyclic) bond motifs is 1. The molecule has 0 atom stereocenters. The minimum absolute atomic E-state index is 0.0739. The average molecular weight is 305 g/mol. The highest BCUT2D eigenvalue weighted by Gasteiger charge is 2.24. The Morgan fingerprint density at radius 2 is 1.95 bits per heavy atom. The summed E-state index contributed by atoms with van der Waals surface area (Å²) in [5, 5.41) is 6.61. The van der Waals surface area contributed by atoms with E-state index in [0.717, 1.165) is 37.0 Å². The summed E-state index contributed by atoms with van der Waals surface area (Å²) in [4.78, 5) is 4.71. The number of nitrogens with zero attached hydrogens (tertiary/aromatic N) is 1. The molecule has 0 radical (unpaired) electrons. The highest BCUT2D eigenvalue weighted by atomic mass is 16.7. The summed E-state index contributed by atoms with van der Waals surface area (Å²) in [6, 6.07) is 6.13. The van der Waals surface area contributed by atoms with Gasteiger partial charge in [-0.2, -0.15) is 0 Å². The van der Waals surface area contributed by atoms with E-state index in [-0.39, 0.29) is 5.41 Å². The number of ether oxygens (including phenoxy) is 2. The molecule has 0 saturated heterocycles. The van der Waals surface area contributed by atoms with Gasteiger partial charge in [-0.3, -0.25) is 4.99 Å². The average Bonchev–Trinajstić information content (AvgIpc) is 2.97. The Labute approximate surface area is 133 Å². The number of hydrogen-bond acceptors (Lipinski definition) is 3.